The van der Waals surface area contributed by atoms with Gasteiger partial charge in [-0.25, -0.2) is 0 Å². The molecule has 3 nitrogen and oxygen atoms in total. The molecule has 0 spiro atoms. The zero-order chi connectivity index (χ0) is 9.68. The summed E-state index contributed by atoms with van der Waals surface area (Å²) in [5.74, 6) is 0.289. The van der Waals surface area contributed by atoms with Crippen LogP contribution in [0.15, 0.2) is 0 Å². The van der Waals surface area contributed by atoms with E-state index in [2.05, 4.69) is 6.92 Å². The van der Waals surface area contributed by atoms with Gasteiger partial charge in [-0.2, -0.15) is 0 Å². The molecule has 0 bridgehead atoms. The van der Waals surface area contributed by atoms with E-state index in [-0.39, 0.29) is 11.9 Å². The molecule has 1 heterocycles. The summed E-state index contributed by atoms with van der Waals surface area (Å²) in [6, 6.07) is 0.208. The van der Waals surface area contributed by atoms with Crippen LogP contribution in [-0.2, 0) is 4.79 Å². The quantitative estimate of drug-likeness (QED) is 0.714. The third kappa shape index (κ3) is 3.35. The lowest BCUT2D eigenvalue weighted by Crippen LogP contribution is -2.45. The van der Waals surface area contributed by atoms with Gasteiger partial charge in [0.2, 0.25) is 5.91 Å². The number of unbranched alkanes of at least 4 members (excludes halogenated alkanes) is 1. The summed E-state index contributed by atoms with van der Waals surface area (Å²) < 4.78 is 0. The standard InChI is InChI=1S/C10H20N2O/c1-2-3-6-10(13)12-7-4-5-9(11)8-12/h9H,2-8,11H2,1H3. The Morgan fingerprint density at radius 2 is 2.38 bits per heavy atom. The van der Waals surface area contributed by atoms with E-state index in [4.69, 9.17) is 5.73 Å². The minimum absolute atomic E-state index is 0.208. The molecule has 1 amide bonds. The highest BCUT2D eigenvalue weighted by atomic mass is 16.2. The largest absolute Gasteiger partial charge is 0.341 e. The molecule has 76 valence electrons. The minimum Gasteiger partial charge on any atom is -0.341 e. The summed E-state index contributed by atoms with van der Waals surface area (Å²) in [5.41, 5.74) is 5.80. The van der Waals surface area contributed by atoms with Gasteiger partial charge < -0.3 is 10.6 Å². The Morgan fingerprint density at radius 3 is 3.00 bits per heavy atom. The van der Waals surface area contributed by atoms with Crippen LogP contribution in [0.4, 0.5) is 0 Å². The first kappa shape index (κ1) is 10.5. The molecule has 0 aromatic heterocycles. The van der Waals surface area contributed by atoms with Gasteiger partial charge in [-0.3, -0.25) is 4.79 Å². The summed E-state index contributed by atoms with van der Waals surface area (Å²) >= 11 is 0. The monoisotopic (exact) mass is 184 g/mol. The Bertz CT molecular complexity index is 170. The third-order valence-electron chi connectivity index (χ3n) is 2.55. The van der Waals surface area contributed by atoms with Crippen molar-refractivity contribution in [3.63, 3.8) is 0 Å². The lowest BCUT2D eigenvalue weighted by molar-refractivity contribution is -0.132. The highest BCUT2D eigenvalue weighted by Crippen LogP contribution is 2.10. The molecule has 1 unspecified atom stereocenters. The van der Waals surface area contributed by atoms with E-state index in [9.17, 15) is 4.79 Å². The van der Waals surface area contributed by atoms with E-state index in [1.165, 1.54) is 0 Å². The van der Waals surface area contributed by atoms with E-state index in [0.717, 1.165) is 38.8 Å². The fourth-order valence-corrected chi connectivity index (χ4v) is 1.72. The van der Waals surface area contributed by atoms with Crippen molar-refractivity contribution in [1.29, 1.82) is 0 Å². The molecule has 1 rings (SSSR count). The van der Waals surface area contributed by atoms with Gasteiger partial charge in [0.05, 0.1) is 0 Å². The van der Waals surface area contributed by atoms with Crippen molar-refractivity contribution >= 4 is 5.91 Å². The highest BCUT2D eigenvalue weighted by Gasteiger charge is 2.20. The average molecular weight is 184 g/mol. The average Bonchev–Trinajstić information content (AvgIpc) is 2.14. The smallest absolute Gasteiger partial charge is 0.222 e. The summed E-state index contributed by atoms with van der Waals surface area (Å²) in [6.07, 6.45) is 4.93. The molecule has 1 atom stereocenters. The van der Waals surface area contributed by atoms with Crippen molar-refractivity contribution in [2.75, 3.05) is 13.1 Å². The third-order valence-corrected chi connectivity index (χ3v) is 2.55. The fourth-order valence-electron chi connectivity index (χ4n) is 1.72. The molecule has 0 saturated carbocycles. The van der Waals surface area contributed by atoms with Gasteiger partial charge in [-0.05, 0) is 19.3 Å². The van der Waals surface area contributed by atoms with Gasteiger partial charge >= 0.3 is 0 Å². The number of carbonyl (C=O) groups is 1. The van der Waals surface area contributed by atoms with E-state index >= 15 is 0 Å². The minimum atomic E-state index is 0.208. The van der Waals surface area contributed by atoms with Crippen LogP contribution in [0.3, 0.4) is 0 Å². The van der Waals surface area contributed by atoms with Crippen molar-refractivity contribution < 1.29 is 4.79 Å². The van der Waals surface area contributed by atoms with Crippen LogP contribution in [-0.4, -0.2) is 29.9 Å². The topological polar surface area (TPSA) is 46.3 Å². The van der Waals surface area contributed by atoms with Gasteiger partial charge in [-0.15, -0.1) is 0 Å². The van der Waals surface area contributed by atoms with E-state index in [1.807, 2.05) is 4.90 Å². The Labute approximate surface area is 80.3 Å². The van der Waals surface area contributed by atoms with Crippen LogP contribution < -0.4 is 5.73 Å². The lowest BCUT2D eigenvalue weighted by atomic mass is 10.1. The molecule has 0 aliphatic carbocycles. The number of piperidine rings is 1. The van der Waals surface area contributed by atoms with Crippen LogP contribution >= 0.6 is 0 Å². The van der Waals surface area contributed by atoms with Gasteiger partial charge in [0.1, 0.15) is 0 Å². The molecule has 0 aromatic rings. The highest BCUT2D eigenvalue weighted by molar-refractivity contribution is 5.76. The molecule has 1 saturated heterocycles. The molecule has 2 N–H and O–H groups in total. The second-order valence-electron chi connectivity index (χ2n) is 3.85. The SMILES string of the molecule is CCCCC(=O)N1CCCC(N)C1. The Morgan fingerprint density at radius 1 is 1.62 bits per heavy atom. The van der Waals surface area contributed by atoms with Crippen molar-refractivity contribution in [3.05, 3.63) is 0 Å². The zero-order valence-electron chi connectivity index (χ0n) is 8.46. The summed E-state index contributed by atoms with van der Waals surface area (Å²) in [6.45, 7) is 3.79. The first-order chi connectivity index (χ1) is 6.24. The molecule has 0 radical (unpaired) electrons. The number of amides is 1. The van der Waals surface area contributed by atoms with Gasteiger partial charge in [0.25, 0.3) is 0 Å². The normalized spacial score (nSPS) is 23.2. The molecule has 1 aliphatic heterocycles. The predicted octanol–water partition coefficient (Wildman–Crippen LogP) is 1.13. The van der Waals surface area contributed by atoms with Crippen molar-refractivity contribution in [2.45, 2.75) is 45.1 Å². The molecular weight excluding hydrogens is 164 g/mol. The second-order valence-corrected chi connectivity index (χ2v) is 3.85. The molecule has 13 heavy (non-hydrogen) atoms. The number of hydrogen-bond acceptors (Lipinski definition) is 2. The summed E-state index contributed by atoms with van der Waals surface area (Å²) in [4.78, 5) is 13.5. The molecule has 1 fully saturated rings. The second kappa shape index (κ2) is 5.22. The van der Waals surface area contributed by atoms with Gasteiger partial charge in [-0.1, -0.05) is 13.3 Å². The van der Waals surface area contributed by atoms with Crippen LogP contribution in [0.5, 0.6) is 0 Å². The van der Waals surface area contributed by atoms with E-state index in [0.29, 0.717) is 6.42 Å². The number of hydrogen-bond donors (Lipinski definition) is 1. The molecular formula is C10H20N2O. The van der Waals surface area contributed by atoms with Gasteiger partial charge in [0.15, 0.2) is 0 Å². The molecule has 1 aliphatic rings. The Hall–Kier alpha value is -0.570. The number of likely N-dealkylation sites (tertiary alicyclic amines) is 1. The lowest BCUT2D eigenvalue weighted by Gasteiger charge is -2.30. The number of nitrogens with zero attached hydrogens (tertiary/aromatic N) is 1. The van der Waals surface area contributed by atoms with Crippen LogP contribution in [0.1, 0.15) is 39.0 Å². The van der Waals surface area contributed by atoms with Crippen molar-refractivity contribution in [2.24, 2.45) is 5.73 Å². The summed E-state index contributed by atoms with van der Waals surface area (Å²) in [7, 11) is 0. The number of rotatable bonds is 3. The van der Waals surface area contributed by atoms with Crippen LogP contribution in [0, 0.1) is 0 Å². The van der Waals surface area contributed by atoms with Crippen molar-refractivity contribution in [1.82, 2.24) is 4.90 Å². The number of nitrogens with two attached hydrogens (primary N) is 1. The first-order valence-corrected chi connectivity index (χ1v) is 5.27. The fraction of sp³-hybridized carbons (Fsp3) is 0.900. The maximum atomic E-state index is 11.6. The zero-order valence-corrected chi connectivity index (χ0v) is 8.46. The Kier molecular flexibility index (Phi) is 4.22. The van der Waals surface area contributed by atoms with Crippen LogP contribution in [0.25, 0.3) is 0 Å². The summed E-state index contributed by atoms with van der Waals surface area (Å²) in [5, 5.41) is 0. The maximum Gasteiger partial charge on any atom is 0.222 e. The predicted molar refractivity (Wildman–Crippen MR) is 53.3 cm³/mol. The first-order valence-electron chi connectivity index (χ1n) is 5.27. The van der Waals surface area contributed by atoms with Gasteiger partial charge in [0, 0.05) is 25.6 Å². The van der Waals surface area contributed by atoms with Crippen LogP contribution in [0.2, 0.25) is 0 Å². The maximum absolute atomic E-state index is 11.6. The van der Waals surface area contributed by atoms with E-state index < -0.39 is 0 Å². The van der Waals surface area contributed by atoms with E-state index in [1.54, 1.807) is 0 Å². The molecule has 0 aromatic carbocycles. The molecule has 3 heteroatoms. The number of carbonyl (C=O) groups excluding carboxylic acids is 1. The Balaban J connectivity index is 2.28. The van der Waals surface area contributed by atoms with Crippen molar-refractivity contribution in [3.8, 4) is 0 Å².